The van der Waals surface area contributed by atoms with Crippen LogP contribution in [0.4, 0.5) is 0 Å². The monoisotopic (exact) mass is 343 g/mol. The number of rotatable bonds is 5. The van der Waals surface area contributed by atoms with Crippen molar-refractivity contribution >= 4 is 11.8 Å². The summed E-state index contributed by atoms with van der Waals surface area (Å²) in [6, 6.07) is 24.6. The predicted octanol–water partition coefficient (Wildman–Crippen LogP) is 4.03. The number of carbonyl (C=O) groups excluding carboxylic acids is 2. The Balaban J connectivity index is 1.47. The standard InChI is InChI=1S/C22H17NO3/c24-21-18-11-4-5-12-19(18)22(25)23(21)14-15-26-20-13-7-6-10-17(20)16-8-2-1-3-9-16/h1-13H,14-15H2. The van der Waals surface area contributed by atoms with E-state index in [-0.39, 0.29) is 25.0 Å². The highest BCUT2D eigenvalue weighted by Crippen LogP contribution is 2.29. The largest absolute Gasteiger partial charge is 0.491 e. The van der Waals surface area contributed by atoms with E-state index in [0.29, 0.717) is 11.1 Å². The molecule has 1 heterocycles. The topological polar surface area (TPSA) is 46.6 Å². The van der Waals surface area contributed by atoms with Gasteiger partial charge in [0.05, 0.1) is 17.7 Å². The minimum Gasteiger partial charge on any atom is -0.491 e. The van der Waals surface area contributed by atoms with Crippen molar-refractivity contribution in [3.8, 4) is 16.9 Å². The van der Waals surface area contributed by atoms with Crippen LogP contribution in [0.25, 0.3) is 11.1 Å². The van der Waals surface area contributed by atoms with Gasteiger partial charge in [-0.2, -0.15) is 0 Å². The van der Waals surface area contributed by atoms with Gasteiger partial charge in [0.25, 0.3) is 11.8 Å². The molecule has 0 aliphatic carbocycles. The summed E-state index contributed by atoms with van der Waals surface area (Å²) in [5.74, 6) is 0.214. The third-order valence-electron chi connectivity index (χ3n) is 4.42. The van der Waals surface area contributed by atoms with Crippen molar-refractivity contribution in [3.63, 3.8) is 0 Å². The van der Waals surface area contributed by atoms with E-state index in [1.807, 2.05) is 54.6 Å². The van der Waals surface area contributed by atoms with E-state index in [1.165, 1.54) is 4.90 Å². The van der Waals surface area contributed by atoms with E-state index in [4.69, 9.17) is 4.74 Å². The van der Waals surface area contributed by atoms with E-state index >= 15 is 0 Å². The number of para-hydroxylation sites is 1. The molecule has 26 heavy (non-hydrogen) atoms. The molecule has 0 saturated carbocycles. The number of imide groups is 1. The zero-order chi connectivity index (χ0) is 17.9. The lowest BCUT2D eigenvalue weighted by Gasteiger charge is -2.16. The van der Waals surface area contributed by atoms with Crippen LogP contribution in [0.1, 0.15) is 20.7 Å². The molecule has 4 heteroatoms. The van der Waals surface area contributed by atoms with Crippen LogP contribution in [-0.4, -0.2) is 29.9 Å². The molecule has 0 atom stereocenters. The third-order valence-corrected chi connectivity index (χ3v) is 4.42. The van der Waals surface area contributed by atoms with Crippen molar-refractivity contribution in [1.29, 1.82) is 0 Å². The average Bonchev–Trinajstić information content (AvgIpc) is 2.94. The van der Waals surface area contributed by atoms with Crippen molar-refractivity contribution in [2.24, 2.45) is 0 Å². The molecule has 0 saturated heterocycles. The molecule has 4 nitrogen and oxygen atoms in total. The highest BCUT2D eigenvalue weighted by Gasteiger charge is 2.34. The fourth-order valence-corrected chi connectivity index (χ4v) is 3.14. The fourth-order valence-electron chi connectivity index (χ4n) is 3.14. The molecule has 0 unspecified atom stereocenters. The lowest BCUT2D eigenvalue weighted by Crippen LogP contribution is -2.33. The number of nitrogens with zero attached hydrogens (tertiary/aromatic N) is 1. The van der Waals surface area contributed by atoms with Crippen LogP contribution in [0, 0.1) is 0 Å². The molecule has 0 bridgehead atoms. The minimum atomic E-state index is -0.259. The van der Waals surface area contributed by atoms with E-state index in [9.17, 15) is 9.59 Å². The van der Waals surface area contributed by atoms with Crippen molar-refractivity contribution in [2.45, 2.75) is 0 Å². The van der Waals surface area contributed by atoms with Gasteiger partial charge in [-0.25, -0.2) is 0 Å². The Hall–Kier alpha value is -3.40. The van der Waals surface area contributed by atoms with Gasteiger partial charge in [0, 0.05) is 5.56 Å². The summed E-state index contributed by atoms with van der Waals surface area (Å²) in [6.45, 7) is 0.463. The van der Waals surface area contributed by atoms with Crippen LogP contribution in [0.2, 0.25) is 0 Å². The van der Waals surface area contributed by atoms with Gasteiger partial charge in [0.15, 0.2) is 0 Å². The van der Waals surface area contributed by atoms with Crippen LogP contribution in [0.15, 0.2) is 78.9 Å². The lowest BCUT2D eigenvalue weighted by atomic mass is 10.1. The number of amides is 2. The Morgan fingerprint density at radius 2 is 1.19 bits per heavy atom. The SMILES string of the molecule is O=C1c2ccccc2C(=O)N1CCOc1ccccc1-c1ccccc1. The molecule has 0 spiro atoms. The molecule has 2 amide bonds. The summed E-state index contributed by atoms with van der Waals surface area (Å²) in [6.07, 6.45) is 0. The number of carbonyl (C=O) groups is 2. The second kappa shape index (κ2) is 6.84. The fraction of sp³-hybridized carbons (Fsp3) is 0.0909. The van der Waals surface area contributed by atoms with E-state index < -0.39 is 0 Å². The van der Waals surface area contributed by atoms with Crippen LogP contribution in [0.5, 0.6) is 5.75 Å². The first kappa shape index (κ1) is 16.1. The summed E-state index contributed by atoms with van der Waals surface area (Å²) in [7, 11) is 0. The zero-order valence-corrected chi connectivity index (χ0v) is 14.1. The Morgan fingerprint density at radius 1 is 0.654 bits per heavy atom. The minimum absolute atomic E-state index is 0.218. The van der Waals surface area contributed by atoms with E-state index in [0.717, 1.165) is 16.9 Å². The second-order valence-corrected chi connectivity index (χ2v) is 6.02. The van der Waals surface area contributed by atoms with E-state index in [2.05, 4.69) is 0 Å². The van der Waals surface area contributed by atoms with Crippen molar-refractivity contribution in [1.82, 2.24) is 4.90 Å². The highest BCUT2D eigenvalue weighted by molar-refractivity contribution is 6.21. The second-order valence-electron chi connectivity index (χ2n) is 6.02. The van der Waals surface area contributed by atoms with Crippen molar-refractivity contribution in [3.05, 3.63) is 90.0 Å². The first-order valence-electron chi connectivity index (χ1n) is 8.48. The first-order chi connectivity index (χ1) is 12.8. The van der Waals surface area contributed by atoms with Crippen LogP contribution in [0.3, 0.4) is 0 Å². The quantitative estimate of drug-likeness (QED) is 0.657. The highest BCUT2D eigenvalue weighted by atomic mass is 16.5. The molecule has 0 radical (unpaired) electrons. The summed E-state index contributed by atoms with van der Waals surface area (Å²) < 4.78 is 5.90. The van der Waals surface area contributed by atoms with Crippen molar-refractivity contribution < 1.29 is 14.3 Å². The molecular weight excluding hydrogens is 326 g/mol. The normalized spacial score (nSPS) is 13.0. The number of fused-ring (bicyclic) bond motifs is 1. The molecule has 3 aromatic rings. The van der Waals surface area contributed by atoms with Gasteiger partial charge in [-0.15, -0.1) is 0 Å². The van der Waals surface area contributed by atoms with Gasteiger partial charge in [-0.1, -0.05) is 60.7 Å². The molecule has 0 fully saturated rings. The molecule has 0 N–H and O–H groups in total. The van der Waals surface area contributed by atoms with Gasteiger partial charge in [-0.3, -0.25) is 14.5 Å². The van der Waals surface area contributed by atoms with Crippen LogP contribution >= 0.6 is 0 Å². The molecule has 4 rings (SSSR count). The van der Waals surface area contributed by atoms with Gasteiger partial charge < -0.3 is 4.74 Å². The summed E-state index contributed by atoms with van der Waals surface area (Å²) in [5, 5.41) is 0. The number of hydrogen-bond acceptors (Lipinski definition) is 3. The zero-order valence-electron chi connectivity index (χ0n) is 14.1. The Labute approximate surface area is 151 Å². The van der Waals surface area contributed by atoms with Gasteiger partial charge in [0.1, 0.15) is 12.4 Å². The molecule has 128 valence electrons. The molecular formula is C22H17NO3. The maximum Gasteiger partial charge on any atom is 0.261 e. The number of benzene rings is 3. The molecule has 3 aromatic carbocycles. The first-order valence-corrected chi connectivity index (χ1v) is 8.48. The number of hydrogen-bond donors (Lipinski definition) is 0. The van der Waals surface area contributed by atoms with Gasteiger partial charge in [0.2, 0.25) is 0 Å². The van der Waals surface area contributed by atoms with Crippen LogP contribution in [-0.2, 0) is 0 Å². The Bertz CT molecular complexity index is 931. The van der Waals surface area contributed by atoms with Gasteiger partial charge in [-0.05, 0) is 23.8 Å². The lowest BCUT2D eigenvalue weighted by molar-refractivity contribution is 0.0631. The van der Waals surface area contributed by atoms with Crippen molar-refractivity contribution in [2.75, 3.05) is 13.2 Å². The summed E-state index contributed by atoms with van der Waals surface area (Å²) in [4.78, 5) is 26.0. The van der Waals surface area contributed by atoms with Gasteiger partial charge >= 0.3 is 0 Å². The summed E-state index contributed by atoms with van der Waals surface area (Å²) in [5.41, 5.74) is 2.96. The average molecular weight is 343 g/mol. The molecule has 1 aliphatic heterocycles. The summed E-state index contributed by atoms with van der Waals surface area (Å²) >= 11 is 0. The Kier molecular flexibility index (Phi) is 4.23. The smallest absolute Gasteiger partial charge is 0.261 e. The maximum absolute atomic E-state index is 12.4. The number of ether oxygens (including phenoxy) is 1. The third kappa shape index (κ3) is 2.86. The van der Waals surface area contributed by atoms with Crippen LogP contribution < -0.4 is 4.74 Å². The Morgan fingerprint density at radius 3 is 1.85 bits per heavy atom. The maximum atomic E-state index is 12.4. The predicted molar refractivity (Wildman–Crippen MR) is 99.2 cm³/mol. The molecule has 0 aromatic heterocycles. The van der Waals surface area contributed by atoms with E-state index in [1.54, 1.807) is 24.3 Å². The molecule has 1 aliphatic rings.